The third-order valence-electron chi connectivity index (χ3n) is 5.00. The van der Waals surface area contributed by atoms with E-state index in [1.54, 1.807) is 29.2 Å². The fraction of sp³-hybridized carbons (Fsp3) is 0.333. The maximum atomic E-state index is 12.9. The van der Waals surface area contributed by atoms with Gasteiger partial charge in [0, 0.05) is 28.6 Å². The van der Waals surface area contributed by atoms with Gasteiger partial charge in [-0.1, -0.05) is 43.6 Å². The summed E-state index contributed by atoms with van der Waals surface area (Å²) in [4.78, 5) is 30.3. The third kappa shape index (κ3) is 3.99. The highest BCUT2D eigenvalue weighted by Crippen LogP contribution is 2.41. The van der Waals surface area contributed by atoms with Crippen LogP contribution < -0.4 is 0 Å². The number of amides is 1. The minimum absolute atomic E-state index is 0.120. The quantitative estimate of drug-likeness (QED) is 0.416. The molecule has 1 atom stereocenters. The van der Waals surface area contributed by atoms with Crippen LogP contribution in [-0.2, 0) is 9.59 Å². The maximum Gasteiger partial charge on any atom is 0.295 e. The summed E-state index contributed by atoms with van der Waals surface area (Å²) in [5, 5.41) is 13.3. The minimum atomic E-state index is -0.657. The van der Waals surface area contributed by atoms with Crippen LogP contribution in [-0.4, -0.2) is 52.8 Å². The molecule has 3 rings (SSSR count). The molecule has 1 N–H and O–H groups in total. The van der Waals surface area contributed by atoms with Crippen LogP contribution in [0.2, 0.25) is 5.02 Å². The van der Waals surface area contributed by atoms with Crippen molar-refractivity contribution in [2.45, 2.75) is 19.9 Å². The zero-order chi connectivity index (χ0) is 20.3. The van der Waals surface area contributed by atoms with Crippen molar-refractivity contribution in [2.24, 2.45) is 0 Å². The molecule has 1 aliphatic heterocycles. The third-order valence-corrected chi connectivity index (χ3v) is 6.16. The van der Waals surface area contributed by atoms with Crippen LogP contribution in [0, 0.1) is 0 Å². The first-order valence-corrected chi connectivity index (χ1v) is 10.5. The Morgan fingerprint density at radius 2 is 1.96 bits per heavy atom. The van der Waals surface area contributed by atoms with Crippen molar-refractivity contribution in [2.75, 3.05) is 26.2 Å². The zero-order valence-electron chi connectivity index (χ0n) is 15.9. The fourth-order valence-electron chi connectivity index (χ4n) is 3.43. The fourth-order valence-corrected chi connectivity index (χ4v) is 4.47. The van der Waals surface area contributed by atoms with E-state index in [9.17, 15) is 14.7 Å². The molecule has 0 spiro atoms. The molecule has 28 heavy (non-hydrogen) atoms. The lowest BCUT2D eigenvalue weighted by Gasteiger charge is -2.27. The number of likely N-dealkylation sites (tertiary alicyclic amines) is 1. The summed E-state index contributed by atoms with van der Waals surface area (Å²) in [5.74, 6) is -1.42. The molecule has 1 aromatic carbocycles. The van der Waals surface area contributed by atoms with Gasteiger partial charge >= 0.3 is 0 Å². The van der Waals surface area contributed by atoms with Gasteiger partial charge in [-0.15, -0.1) is 11.3 Å². The molecule has 5 nitrogen and oxygen atoms in total. The van der Waals surface area contributed by atoms with E-state index < -0.39 is 17.7 Å². The Morgan fingerprint density at radius 1 is 1.21 bits per heavy atom. The highest BCUT2D eigenvalue weighted by molar-refractivity contribution is 7.10. The topological polar surface area (TPSA) is 60.9 Å². The first-order chi connectivity index (χ1) is 13.5. The van der Waals surface area contributed by atoms with E-state index in [0.717, 1.165) is 18.0 Å². The lowest BCUT2D eigenvalue weighted by Crippen LogP contribution is -2.37. The molecule has 2 heterocycles. The summed E-state index contributed by atoms with van der Waals surface area (Å²) < 4.78 is 0. The molecule has 148 valence electrons. The Kier molecular flexibility index (Phi) is 6.54. The van der Waals surface area contributed by atoms with Gasteiger partial charge in [0.2, 0.25) is 0 Å². The smallest absolute Gasteiger partial charge is 0.295 e. The van der Waals surface area contributed by atoms with Crippen LogP contribution in [0.5, 0.6) is 0 Å². The number of likely N-dealkylation sites (N-methyl/N-ethyl adjacent to an activating group) is 1. The molecule has 1 fully saturated rings. The Hall–Kier alpha value is -2.15. The van der Waals surface area contributed by atoms with E-state index in [1.165, 1.54) is 11.3 Å². The van der Waals surface area contributed by atoms with Crippen LogP contribution in [0.15, 0.2) is 47.4 Å². The summed E-state index contributed by atoms with van der Waals surface area (Å²) in [6.45, 7) is 6.94. The molecular formula is C21H23ClN2O3S. The zero-order valence-corrected chi connectivity index (χ0v) is 17.5. The van der Waals surface area contributed by atoms with Gasteiger partial charge in [-0.25, -0.2) is 0 Å². The molecule has 0 bridgehead atoms. The van der Waals surface area contributed by atoms with E-state index >= 15 is 0 Å². The number of hydrogen-bond acceptors (Lipinski definition) is 5. The number of benzene rings is 1. The minimum Gasteiger partial charge on any atom is -0.507 e. The molecule has 0 saturated carbocycles. The van der Waals surface area contributed by atoms with Crippen LogP contribution in [0.25, 0.3) is 5.76 Å². The Balaban J connectivity index is 2.04. The molecule has 2 aromatic rings. The van der Waals surface area contributed by atoms with E-state index in [1.807, 2.05) is 17.5 Å². The van der Waals surface area contributed by atoms with Gasteiger partial charge in [-0.2, -0.15) is 0 Å². The normalized spacial score (nSPS) is 19.0. The summed E-state index contributed by atoms with van der Waals surface area (Å²) in [7, 11) is 0. The number of ketones is 1. The highest BCUT2D eigenvalue weighted by Gasteiger charge is 2.46. The monoisotopic (exact) mass is 418 g/mol. The van der Waals surface area contributed by atoms with Crippen molar-refractivity contribution in [1.82, 2.24) is 9.80 Å². The first kappa shape index (κ1) is 20.6. The van der Waals surface area contributed by atoms with Gasteiger partial charge in [-0.05, 0) is 36.7 Å². The summed E-state index contributed by atoms with van der Waals surface area (Å²) in [6, 6.07) is 9.84. The molecule has 0 aliphatic carbocycles. The standard InChI is InChI=1S/C21H23ClN2O3S/c1-3-23(4-2)10-11-24-18(16-9-6-12-28-16)17(20(26)21(24)27)19(25)14-7-5-8-15(22)13-14/h5-9,12-13,18,25H,3-4,10-11H2,1-2H3/b19-17-. The summed E-state index contributed by atoms with van der Waals surface area (Å²) in [6.07, 6.45) is 0. The lowest BCUT2D eigenvalue weighted by molar-refractivity contribution is -0.140. The van der Waals surface area contributed by atoms with Gasteiger partial charge in [-0.3, -0.25) is 9.59 Å². The van der Waals surface area contributed by atoms with Gasteiger partial charge < -0.3 is 14.9 Å². The van der Waals surface area contributed by atoms with Gasteiger partial charge in [0.05, 0.1) is 11.6 Å². The Morgan fingerprint density at radius 3 is 2.57 bits per heavy atom. The average molecular weight is 419 g/mol. The molecule has 1 aromatic heterocycles. The second kappa shape index (κ2) is 8.90. The Bertz CT molecular complexity index is 891. The maximum absolute atomic E-state index is 12.9. The van der Waals surface area contributed by atoms with E-state index in [4.69, 9.17) is 11.6 Å². The van der Waals surface area contributed by atoms with Crippen molar-refractivity contribution in [3.05, 3.63) is 62.8 Å². The molecule has 1 unspecified atom stereocenters. The number of nitrogens with zero attached hydrogens (tertiary/aromatic N) is 2. The van der Waals surface area contributed by atoms with Crippen molar-refractivity contribution in [1.29, 1.82) is 0 Å². The molecule has 1 saturated heterocycles. The number of carbonyl (C=O) groups is 2. The van der Waals surface area contributed by atoms with E-state index in [0.29, 0.717) is 23.7 Å². The van der Waals surface area contributed by atoms with Crippen LogP contribution in [0.4, 0.5) is 0 Å². The number of Topliss-reactive ketones (excluding diaryl/α,β-unsaturated/α-hetero) is 1. The Labute approximate surface area is 173 Å². The predicted molar refractivity (Wildman–Crippen MR) is 113 cm³/mol. The molecule has 1 aliphatic rings. The highest BCUT2D eigenvalue weighted by atomic mass is 35.5. The number of hydrogen-bond donors (Lipinski definition) is 1. The SMILES string of the molecule is CCN(CC)CCN1C(=O)C(=O)/C(=C(\O)c2cccc(Cl)c2)C1c1cccs1. The van der Waals surface area contributed by atoms with Crippen molar-refractivity contribution in [3.8, 4) is 0 Å². The van der Waals surface area contributed by atoms with Crippen LogP contribution in [0.3, 0.4) is 0 Å². The number of rotatable bonds is 7. The van der Waals surface area contributed by atoms with Crippen LogP contribution in [0.1, 0.15) is 30.3 Å². The van der Waals surface area contributed by atoms with Crippen molar-refractivity contribution >= 4 is 40.4 Å². The van der Waals surface area contributed by atoms with Crippen molar-refractivity contribution in [3.63, 3.8) is 0 Å². The number of aliphatic hydroxyl groups is 1. The molecule has 1 amide bonds. The van der Waals surface area contributed by atoms with Gasteiger partial charge in [0.25, 0.3) is 11.7 Å². The van der Waals surface area contributed by atoms with Crippen molar-refractivity contribution < 1.29 is 14.7 Å². The number of aliphatic hydroxyl groups excluding tert-OH is 1. The first-order valence-electron chi connectivity index (χ1n) is 9.28. The average Bonchev–Trinajstić information content (AvgIpc) is 3.30. The second-order valence-corrected chi connectivity index (χ2v) is 7.96. The number of thiophene rings is 1. The molecular weight excluding hydrogens is 396 g/mol. The number of halogens is 1. The molecule has 0 radical (unpaired) electrons. The predicted octanol–water partition coefficient (Wildman–Crippen LogP) is 4.17. The van der Waals surface area contributed by atoms with Gasteiger partial charge in [0.1, 0.15) is 5.76 Å². The summed E-state index contributed by atoms with van der Waals surface area (Å²) >= 11 is 7.50. The summed E-state index contributed by atoms with van der Waals surface area (Å²) in [5.41, 5.74) is 0.546. The second-order valence-electron chi connectivity index (χ2n) is 6.55. The molecule has 7 heteroatoms. The number of carbonyl (C=O) groups excluding carboxylic acids is 2. The van der Waals surface area contributed by atoms with Crippen LogP contribution >= 0.6 is 22.9 Å². The largest absolute Gasteiger partial charge is 0.507 e. The lowest BCUT2D eigenvalue weighted by atomic mass is 10.00. The van der Waals surface area contributed by atoms with E-state index in [2.05, 4.69) is 18.7 Å². The van der Waals surface area contributed by atoms with E-state index in [-0.39, 0.29) is 11.3 Å². The van der Waals surface area contributed by atoms with Gasteiger partial charge in [0.15, 0.2) is 0 Å².